The van der Waals surface area contributed by atoms with Gasteiger partial charge in [0.05, 0.1) is 28.5 Å². The Labute approximate surface area is 174 Å². The van der Waals surface area contributed by atoms with Gasteiger partial charge in [-0.1, -0.05) is 18.9 Å². The van der Waals surface area contributed by atoms with E-state index in [1.165, 1.54) is 6.07 Å². The van der Waals surface area contributed by atoms with Gasteiger partial charge in [0.15, 0.2) is 0 Å². The summed E-state index contributed by atoms with van der Waals surface area (Å²) in [5, 5.41) is 21.3. The molecule has 30 heavy (non-hydrogen) atoms. The van der Waals surface area contributed by atoms with E-state index in [1.54, 1.807) is 10.9 Å². The summed E-state index contributed by atoms with van der Waals surface area (Å²) in [6, 6.07) is 9.30. The number of rotatable bonds is 5. The van der Waals surface area contributed by atoms with Gasteiger partial charge in [-0.05, 0) is 31.0 Å². The van der Waals surface area contributed by atoms with Gasteiger partial charge in [0.2, 0.25) is 0 Å². The Bertz CT molecular complexity index is 1150. The molecule has 1 amide bonds. The highest BCUT2D eigenvalue weighted by molar-refractivity contribution is 6.01. The molecule has 2 aromatic heterocycles. The van der Waals surface area contributed by atoms with Gasteiger partial charge in [-0.15, -0.1) is 0 Å². The van der Waals surface area contributed by atoms with Crippen LogP contribution >= 0.6 is 0 Å². The predicted molar refractivity (Wildman–Crippen MR) is 115 cm³/mol. The fraction of sp³-hybridized carbons (Fsp3) is 0.333. The Morgan fingerprint density at radius 2 is 2.10 bits per heavy atom. The number of hydrogen-bond acceptors (Lipinski definition) is 7. The molecule has 6 N–H and O–H groups in total. The molecule has 1 saturated carbocycles. The summed E-state index contributed by atoms with van der Waals surface area (Å²) in [4.78, 5) is 16.7. The van der Waals surface area contributed by atoms with Crippen LogP contribution < -0.4 is 22.1 Å². The van der Waals surface area contributed by atoms with Crippen molar-refractivity contribution in [2.45, 2.75) is 37.8 Å². The van der Waals surface area contributed by atoms with Gasteiger partial charge in [-0.25, -0.2) is 4.98 Å². The smallest absolute Gasteiger partial charge is 0.252 e. The Morgan fingerprint density at radius 1 is 1.30 bits per heavy atom. The van der Waals surface area contributed by atoms with Crippen LogP contribution in [0.2, 0.25) is 0 Å². The summed E-state index contributed by atoms with van der Waals surface area (Å²) in [5.74, 6) is 0.0104. The average molecular weight is 404 g/mol. The van der Waals surface area contributed by atoms with Crippen LogP contribution in [-0.4, -0.2) is 32.8 Å². The molecule has 1 aliphatic rings. The van der Waals surface area contributed by atoms with Crippen molar-refractivity contribution in [3.63, 3.8) is 0 Å². The number of nitrogens with two attached hydrogens (primary N) is 2. The van der Waals surface area contributed by atoms with Crippen LogP contribution in [0.4, 0.5) is 17.3 Å². The normalized spacial score (nSPS) is 18.7. The number of anilines is 3. The maximum absolute atomic E-state index is 12.1. The number of hydrogen-bond donors (Lipinski definition) is 4. The van der Waals surface area contributed by atoms with Gasteiger partial charge in [0, 0.05) is 24.5 Å². The van der Waals surface area contributed by atoms with Crippen molar-refractivity contribution < 1.29 is 4.79 Å². The van der Waals surface area contributed by atoms with Crippen molar-refractivity contribution in [3.8, 4) is 6.07 Å². The van der Waals surface area contributed by atoms with E-state index >= 15 is 0 Å². The zero-order chi connectivity index (χ0) is 21.3. The minimum Gasteiger partial charge on any atom is -0.365 e. The van der Waals surface area contributed by atoms with Gasteiger partial charge in [-0.2, -0.15) is 10.4 Å². The number of benzene rings is 1. The van der Waals surface area contributed by atoms with E-state index in [-0.39, 0.29) is 29.0 Å². The Balaban J connectivity index is 1.75. The highest BCUT2D eigenvalue weighted by atomic mass is 16.1. The van der Waals surface area contributed by atoms with E-state index in [2.05, 4.69) is 26.8 Å². The lowest BCUT2D eigenvalue weighted by molar-refractivity contribution is 0.100. The molecule has 0 bridgehead atoms. The van der Waals surface area contributed by atoms with Crippen molar-refractivity contribution in [1.29, 1.82) is 5.26 Å². The summed E-state index contributed by atoms with van der Waals surface area (Å²) in [5.41, 5.74) is 13.9. The van der Waals surface area contributed by atoms with E-state index in [0.717, 1.165) is 42.3 Å². The molecule has 0 radical (unpaired) electrons. The number of amides is 1. The molecule has 154 valence electrons. The second-order valence-electron chi connectivity index (χ2n) is 7.59. The second-order valence-corrected chi connectivity index (χ2v) is 7.59. The van der Waals surface area contributed by atoms with Crippen LogP contribution in [-0.2, 0) is 7.05 Å². The number of aryl methyl sites for hydroxylation is 1. The van der Waals surface area contributed by atoms with Gasteiger partial charge < -0.3 is 22.1 Å². The lowest BCUT2D eigenvalue weighted by Gasteiger charge is -2.30. The zero-order valence-corrected chi connectivity index (χ0v) is 16.7. The number of nitrogens with one attached hydrogen (secondary N) is 2. The summed E-state index contributed by atoms with van der Waals surface area (Å²) in [6.45, 7) is 0. The number of nitriles is 1. The second kappa shape index (κ2) is 8.00. The summed E-state index contributed by atoms with van der Waals surface area (Å²) >= 11 is 0. The molecule has 1 aromatic carbocycles. The molecule has 9 nitrogen and oxygen atoms in total. The largest absolute Gasteiger partial charge is 0.365 e. The zero-order valence-electron chi connectivity index (χ0n) is 16.7. The minimum absolute atomic E-state index is 0.0107. The molecule has 1 aliphatic carbocycles. The maximum atomic E-state index is 12.1. The van der Waals surface area contributed by atoms with Crippen LogP contribution in [0.15, 0.2) is 30.5 Å². The van der Waals surface area contributed by atoms with Crippen molar-refractivity contribution >= 4 is 34.1 Å². The van der Waals surface area contributed by atoms with Crippen LogP contribution in [0.25, 0.3) is 10.9 Å². The van der Waals surface area contributed by atoms with E-state index in [0.29, 0.717) is 5.82 Å². The lowest BCUT2D eigenvalue weighted by atomic mass is 9.91. The molecule has 0 aliphatic heterocycles. The number of nitrogens with zero attached hydrogens (tertiary/aromatic N) is 4. The molecular formula is C21H24N8O. The molecular weight excluding hydrogens is 380 g/mol. The average Bonchev–Trinajstić information content (AvgIpc) is 3.12. The third kappa shape index (κ3) is 3.65. The van der Waals surface area contributed by atoms with Crippen molar-refractivity contribution in [2.75, 3.05) is 10.6 Å². The lowest BCUT2D eigenvalue weighted by Crippen LogP contribution is -2.43. The first-order valence-electron chi connectivity index (χ1n) is 9.92. The first-order chi connectivity index (χ1) is 14.5. The van der Waals surface area contributed by atoms with Crippen LogP contribution in [0.3, 0.4) is 0 Å². The molecule has 2 heterocycles. The highest BCUT2D eigenvalue weighted by Crippen LogP contribution is 2.30. The highest BCUT2D eigenvalue weighted by Gasteiger charge is 2.24. The van der Waals surface area contributed by atoms with Crippen molar-refractivity contribution in [1.82, 2.24) is 14.8 Å². The quantitative estimate of drug-likeness (QED) is 0.510. The van der Waals surface area contributed by atoms with Crippen LogP contribution in [0.1, 0.15) is 41.6 Å². The molecule has 0 unspecified atom stereocenters. The van der Waals surface area contributed by atoms with Gasteiger partial charge in [0.25, 0.3) is 5.91 Å². The predicted octanol–water partition coefficient (Wildman–Crippen LogP) is 2.36. The topological polar surface area (TPSA) is 148 Å². The number of fused-ring (bicyclic) bond motifs is 1. The Hall–Kier alpha value is -3.64. The summed E-state index contributed by atoms with van der Waals surface area (Å²) in [6.07, 6.45) is 5.74. The van der Waals surface area contributed by atoms with E-state index in [9.17, 15) is 10.1 Å². The number of carbonyl (C=O) groups is 1. The third-order valence-corrected chi connectivity index (χ3v) is 5.59. The molecule has 3 aromatic rings. The Morgan fingerprint density at radius 3 is 2.83 bits per heavy atom. The number of primary amides is 1. The summed E-state index contributed by atoms with van der Waals surface area (Å²) in [7, 11) is 1.86. The molecule has 2 atom stereocenters. The first kappa shape index (κ1) is 19.7. The molecule has 1 fully saturated rings. The summed E-state index contributed by atoms with van der Waals surface area (Å²) < 4.78 is 1.76. The molecule has 9 heteroatoms. The maximum Gasteiger partial charge on any atom is 0.252 e. The fourth-order valence-electron chi connectivity index (χ4n) is 3.92. The van der Waals surface area contributed by atoms with Gasteiger partial charge in [0.1, 0.15) is 17.7 Å². The fourth-order valence-corrected chi connectivity index (χ4v) is 3.92. The third-order valence-electron chi connectivity index (χ3n) is 5.59. The van der Waals surface area contributed by atoms with E-state index in [1.807, 2.05) is 25.2 Å². The number of aromatic nitrogens is 3. The number of carbonyl (C=O) groups excluding carboxylic acids is 1. The monoisotopic (exact) mass is 404 g/mol. The van der Waals surface area contributed by atoms with Crippen LogP contribution in [0.5, 0.6) is 0 Å². The minimum atomic E-state index is -0.666. The first-order valence-corrected chi connectivity index (χ1v) is 9.92. The number of pyridine rings is 1. The van der Waals surface area contributed by atoms with Gasteiger partial charge >= 0.3 is 0 Å². The van der Waals surface area contributed by atoms with Gasteiger partial charge in [-0.3, -0.25) is 9.48 Å². The molecule has 4 rings (SSSR count). The SMILES string of the molecule is Cn1ncc2c(Nc3nc(N[C@@H]4CCCC[C@@H]4N)c(C#N)cc3C(N)=O)cccc21. The Kier molecular flexibility index (Phi) is 5.25. The standard InChI is InChI=1S/C21H24N8O/c1-29-18-8-4-7-16(14(18)11-25-29)26-21-13(19(24)30)9-12(10-22)20(28-21)27-17-6-3-2-5-15(17)23/h4,7-9,11,15,17H,2-3,5-6,23H2,1H3,(H2,24,30)(H2,26,27,28)/t15-,17+/m0/s1. The molecule has 0 saturated heterocycles. The van der Waals surface area contributed by atoms with E-state index < -0.39 is 5.91 Å². The van der Waals surface area contributed by atoms with E-state index in [4.69, 9.17) is 11.5 Å². The van der Waals surface area contributed by atoms with Crippen molar-refractivity contribution in [3.05, 3.63) is 41.6 Å². The van der Waals surface area contributed by atoms with Crippen molar-refractivity contribution in [2.24, 2.45) is 18.5 Å². The molecule has 0 spiro atoms. The van der Waals surface area contributed by atoms with Crippen LogP contribution in [0, 0.1) is 11.3 Å².